The van der Waals surface area contributed by atoms with E-state index in [1.54, 1.807) is 0 Å². The molecular formula is C14H18N4. The van der Waals surface area contributed by atoms with Gasteiger partial charge in [-0.05, 0) is 26.3 Å². The first-order chi connectivity index (χ1) is 8.84. The van der Waals surface area contributed by atoms with Gasteiger partial charge in [-0.2, -0.15) is 5.10 Å². The lowest BCUT2D eigenvalue weighted by Crippen LogP contribution is -2.46. The van der Waals surface area contributed by atoms with Crippen LogP contribution in [-0.4, -0.2) is 28.8 Å². The summed E-state index contributed by atoms with van der Waals surface area (Å²) in [5, 5.41) is 17.6. The van der Waals surface area contributed by atoms with Crippen molar-refractivity contribution in [2.75, 3.05) is 11.9 Å². The predicted octanol–water partition coefficient (Wildman–Crippen LogP) is 2.18. The van der Waals surface area contributed by atoms with Gasteiger partial charge < -0.3 is 10.6 Å². The van der Waals surface area contributed by atoms with E-state index in [2.05, 4.69) is 39.9 Å². The molecule has 1 saturated heterocycles. The van der Waals surface area contributed by atoms with Gasteiger partial charge in [0.05, 0.1) is 6.20 Å². The third-order valence-electron chi connectivity index (χ3n) is 3.65. The zero-order valence-electron chi connectivity index (χ0n) is 10.6. The minimum absolute atomic E-state index is 0.429. The van der Waals surface area contributed by atoms with Gasteiger partial charge in [0.1, 0.15) is 0 Å². The van der Waals surface area contributed by atoms with E-state index in [0.29, 0.717) is 12.1 Å². The molecule has 0 saturated carbocycles. The minimum Gasteiger partial charge on any atom is -0.364 e. The van der Waals surface area contributed by atoms with Crippen LogP contribution in [0.15, 0.2) is 30.5 Å². The number of fused-ring (bicyclic) bond motifs is 1. The summed E-state index contributed by atoms with van der Waals surface area (Å²) in [6, 6.07) is 9.12. The number of anilines is 1. The molecule has 0 aliphatic carbocycles. The van der Waals surface area contributed by atoms with E-state index in [1.807, 2.05) is 18.3 Å². The summed E-state index contributed by atoms with van der Waals surface area (Å²) in [6.45, 7) is 3.33. The van der Waals surface area contributed by atoms with Gasteiger partial charge in [0, 0.05) is 22.9 Å². The molecule has 18 heavy (non-hydrogen) atoms. The Morgan fingerprint density at radius 3 is 3.11 bits per heavy atom. The largest absolute Gasteiger partial charge is 0.364 e. The highest BCUT2D eigenvalue weighted by atomic mass is 15.2. The Kier molecular flexibility index (Phi) is 3.11. The minimum atomic E-state index is 0.429. The summed E-state index contributed by atoms with van der Waals surface area (Å²) < 4.78 is 0. The molecule has 2 N–H and O–H groups in total. The van der Waals surface area contributed by atoms with Gasteiger partial charge in [0.15, 0.2) is 5.82 Å². The van der Waals surface area contributed by atoms with Gasteiger partial charge in [-0.3, -0.25) is 0 Å². The SMILES string of the molecule is CC1NCCCC1Nc1nncc2ccccc12. The maximum absolute atomic E-state index is 4.25. The first kappa shape index (κ1) is 11.4. The van der Waals surface area contributed by atoms with Crippen LogP contribution in [0.3, 0.4) is 0 Å². The third-order valence-corrected chi connectivity index (χ3v) is 3.65. The average Bonchev–Trinajstić information content (AvgIpc) is 2.42. The molecule has 1 aliphatic heterocycles. The van der Waals surface area contributed by atoms with Gasteiger partial charge >= 0.3 is 0 Å². The van der Waals surface area contributed by atoms with Crippen LogP contribution in [0.2, 0.25) is 0 Å². The number of piperidine rings is 1. The van der Waals surface area contributed by atoms with Crippen LogP contribution in [-0.2, 0) is 0 Å². The lowest BCUT2D eigenvalue weighted by atomic mass is 10.00. The summed E-state index contributed by atoms with van der Waals surface area (Å²) in [5.74, 6) is 0.897. The first-order valence-corrected chi connectivity index (χ1v) is 6.55. The molecule has 0 amide bonds. The van der Waals surface area contributed by atoms with E-state index in [4.69, 9.17) is 0 Å². The Morgan fingerprint density at radius 1 is 1.33 bits per heavy atom. The molecule has 1 fully saturated rings. The van der Waals surface area contributed by atoms with Crippen LogP contribution in [0.25, 0.3) is 10.8 Å². The molecule has 4 heteroatoms. The lowest BCUT2D eigenvalue weighted by molar-refractivity contribution is 0.389. The molecule has 2 atom stereocenters. The molecule has 0 radical (unpaired) electrons. The molecule has 1 aliphatic rings. The second kappa shape index (κ2) is 4.90. The summed E-state index contributed by atoms with van der Waals surface area (Å²) in [4.78, 5) is 0. The monoisotopic (exact) mass is 242 g/mol. The average molecular weight is 242 g/mol. The maximum atomic E-state index is 4.25. The zero-order chi connectivity index (χ0) is 12.4. The van der Waals surface area contributed by atoms with E-state index in [0.717, 1.165) is 23.1 Å². The van der Waals surface area contributed by atoms with Gasteiger partial charge in [0.2, 0.25) is 0 Å². The summed E-state index contributed by atoms with van der Waals surface area (Å²) >= 11 is 0. The second-order valence-corrected chi connectivity index (χ2v) is 4.92. The highest BCUT2D eigenvalue weighted by Gasteiger charge is 2.21. The van der Waals surface area contributed by atoms with Crippen LogP contribution in [0, 0.1) is 0 Å². The second-order valence-electron chi connectivity index (χ2n) is 4.92. The van der Waals surface area contributed by atoms with Crippen molar-refractivity contribution in [1.29, 1.82) is 0 Å². The molecular weight excluding hydrogens is 224 g/mol. The van der Waals surface area contributed by atoms with E-state index in [1.165, 1.54) is 12.8 Å². The van der Waals surface area contributed by atoms with Crippen molar-refractivity contribution in [3.63, 3.8) is 0 Å². The van der Waals surface area contributed by atoms with Crippen molar-refractivity contribution in [2.24, 2.45) is 0 Å². The number of aromatic nitrogens is 2. The van der Waals surface area contributed by atoms with Crippen LogP contribution in [0.1, 0.15) is 19.8 Å². The standard InChI is InChI=1S/C14H18N4/c1-10-13(7-4-8-15-10)17-14-12-6-3-2-5-11(12)9-16-18-14/h2-3,5-6,9-10,13,15H,4,7-8H2,1H3,(H,17,18). The van der Waals surface area contributed by atoms with E-state index in [9.17, 15) is 0 Å². The highest BCUT2D eigenvalue weighted by molar-refractivity contribution is 5.90. The quantitative estimate of drug-likeness (QED) is 0.847. The predicted molar refractivity (Wildman–Crippen MR) is 73.6 cm³/mol. The maximum Gasteiger partial charge on any atom is 0.156 e. The number of hydrogen-bond donors (Lipinski definition) is 2. The fourth-order valence-electron chi connectivity index (χ4n) is 2.55. The van der Waals surface area contributed by atoms with Crippen molar-refractivity contribution >= 4 is 16.6 Å². The van der Waals surface area contributed by atoms with Crippen LogP contribution < -0.4 is 10.6 Å². The smallest absolute Gasteiger partial charge is 0.156 e. The first-order valence-electron chi connectivity index (χ1n) is 6.55. The number of rotatable bonds is 2. The molecule has 2 unspecified atom stereocenters. The summed E-state index contributed by atoms with van der Waals surface area (Å²) in [5.41, 5.74) is 0. The summed E-state index contributed by atoms with van der Waals surface area (Å²) in [7, 11) is 0. The van der Waals surface area contributed by atoms with Gasteiger partial charge in [-0.1, -0.05) is 24.3 Å². The van der Waals surface area contributed by atoms with Crippen molar-refractivity contribution in [2.45, 2.75) is 31.8 Å². The zero-order valence-corrected chi connectivity index (χ0v) is 10.6. The van der Waals surface area contributed by atoms with Crippen molar-refractivity contribution < 1.29 is 0 Å². The van der Waals surface area contributed by atoms with Crippen molar-refractivity contribution in [3.8, 4) is 0 Å². The highest BCUT2D eigenvalue weighted by Crippen LogP contribution is 2.22. The van der Waals surface area contributed by atoms with Gasteiger partial charge in [0.25, 0.3) is 0 Å². The topological polar surface area (TPSA) is 49.8 Å². The molecule has 1 aromatic heterocycles. The van der Waals surface area contributed by atoms with E-state index < -0.39 is 0 Å². The molecule has 0 spiro atoms. The number of nitrogens with zero attached hydrogens (tertiary/aromatic N) is 2. The molecule has 2 aromatic rings. The number of nitrogens with one attached hydrogen (secondary N) is 2. The Bertz CT molecular complexity index is 535. The van der Waals surface area contributed by atoms with Gasteiger partial charge in [-0.25, -0.2) is 0 Å². The van der Waals surface area contributed by atoms with E-state index >= 15 is 0 Å². The Balaban J connectivity index is 1.90. The van der Waals surface area contributed by atoms with E-state index in [-0.39, 0.29) is 0 Å². The Hall–Kier alpha value is -1.68. The molecule has 0 bridgehead atoms. The lowest BCUT2D eigenvalue weighted by Gasteiger charge is -2.31. The third kappa shape index (κ3) is 2.16. The number of hydrogen-bond acceptors (Lipinski definition) is 4. The number of benzene rings is 1. The van der Waals surface area contributed by atoms with Gasteiger partial charge in [-0.15, -0.1) is 5.10 Å². The molecule has 94 valence electrons. The van der Waals surface area contributed by atoms with Crippen LogP contribution in [0.5, 0.6) is 0 Å². The Labute approximate surface area is 107 Å². The molecule has 3 rings (SSSR count). The van der Waals surface area contributed by atoms with Crippen LogP contribution >= 0.6 is 0 Å². The molecule has 4 nitrogen and oxygen atoms in total. The summed E-state index contributed by atoms with van der Waals surface area (Å²) in [6.07, 6.45) is 4.20. The van der Waals surface area contributed by atoms with Crippen molar-refractivity contribution in [3.05, 3.63) is 30.5 Å². The fourth-order valence-corrected chi connectivity index (χ4v) is 2.55. The normalized spacial score (nSPS) is 24.1. The molecule has 2 heterocycles. The van der Waals surface area contributed by atoms with Crippen molar-refractivity contribution in [1.82, 2.24) is 15.5 Å². The Morgan fingerprint density at radius 2 is 2.22 bits per heavy atom. The fraction of sp³-hybridized carbons (Fsp3) is 0.429. The van der Waals surface area contributed by atoms with Crippen LogP contribution in [0.4, 0.5) is 5.82 Å². The molecule has 1 aromatic carbocycles.